The SMILES string of the molecule is Cn1cc(-c2nc(CO/N=C(/N)c3cccnc3Oc3ccccc3)cs2)cn1. The highest BCUT2D eigenvalue weighted by atomic mass is 32.1. The number of amidine groups is 1. The third kappa shape index (κ3) is 4.58. The fraction of sp³-hybridized carbons (Fsp3) is 0.100. The molecule has 0 aliphatic heterocycles. The van der Waals surface area contributed by atoms with Gasteiger partial charge < -0.3 is 15.3 Å². The third-order valence-electron chi connectivity index (χ3n) is 3.88. The minimum absolute atomic E-state index is 0.173. The molecule has 0 aliphatic rings. The molecule has 4 rings (SSSR count). The zero-order valence-electron chi connectivity index (χ0n) is 15.6. The first-order chi connectivity index (χ1) is 14.2. The predicted molar refractivity (Wildman–Crippen MR) is 111 cm³/mol. The quantitative estimate of drug-likeness (QED) is 0.286. The summed E-state index contributed by atoms with van der Waals surface area (Å²) < 4.78 is 7.54. The lowest BCUT2D eigenvalue weighted by Crippen LogP contribution is -2.15. The molecule has 4 aromatic rings. The van der Waals surface area contributed by atoms with E-state index >= 15 is 0 Å². The van der Waals surface area contributed by atoms with Gasteiger partial charge in [-0.15, -0.1) is 11.3 Å². The van der Waals surface area contributed by atoms with Crippen LogP contribution >= 0.6 is 11.3 Å². The van der Waals surface area contributed by atoms with Crippen LogP contribution in [0, 0.1) is 0 Å². The first-order valence-electron chi connectivity index (χ1n) is 8.76. The standard InChI is InChI=1S/C20H18N6O2S/c1-26-11-14(10-23-26)20-24-15(13-29-20)12-27-25-18(21)17-8-5-9-22-19(17)28-16-6-3-2-4-7-16/h2-11,13H,12H2,1H3,(H2,21,25). The van der Waals surface area contributed by atoms with Gasteiger partial charge in [0.1, 0.15) is 10.8 Å². The van der Waals surface area contributed by atoms with Crippen molar-refractivity contribution in [3.05, 3.63) is 77.7 Å². The Hall–Kier alpha value is -3.72. The molecule has 0 spiro atoms. The number of oxime groups is 1. The molecule has 0 aliphatic carbocycles. The first-order valence-corrected chi connectivity index (χ1v) is 9.64. The Bertz CT molecular complexity index is 1120. The van der Waals surface area contributed by atoms with Gasteiger partial charge in [-0.25, -0.2) is 9.97 Å². The Kier molecular flexibility index (Phi) is 5.48. The highest BCUT2D eigenvalue weighted by molar-refractivity contribution is 7.13. The molecule has 0 atom stereocenters. The zero-order valence-corrected chi connectivity index (χ0v) is 16.4. The van der Waals surface area contributed by atoms with E-state index in [0.717, 1.165) is 16.3 Å². The number of nitrogens with zero attached hydrogens (tertiary/aromatic N) is 5. The highest BCUT2D eigenvalue weighted by Gasteiger charge is 2.11. The van der Waals surface area contributed by atoms with Gasteiger partial charge in [0, 0.05) is 30.4 Å². The maximum absolute atomic E-state index is 6.09. The summed E-state index contributed by atoms with van der Waals surface area (Å²) in [5.74, 6) is 1.19. The monoisotopic (exact) mass is 406 g/mol. The van der Waals surface area contributed by atoms with Gasteiger partial charge >= 0.3 is 0 Å². The van der Waals surface area contributed by atoms with Gasteiger partial charge in [-0.2, -0.15) is 5.10 Å². The second-order valence-corrected chi connectivity index (χ2v) is 6.93. The number of thiazole rings is 1. The normalized spacial score (nSPS) is 11.4. The first kappa shape index (κ1) is 18.6. The van der Waals surface area contributed by atoms with Crippen LogP contribution in [-0.2, 0) is 18.5 Å². The molecule has 3 aromatic heterocycles. The summed E-state index contributed by atoms with van der Waals surface area (Å²) in [5, 5.41) is 10.9. The van der Waals surface area contributed by atoms with Crippen LogP contribution in [0.25, 0.3) is 10.6 Å². The largest absolute Gasteiger partial charge is 0.438 e. The Balaban J connectivity index is 1.43. The summed E-state index contributed by atoms with van der Waals surface area (Å²) in [5.41, 5.74) is 8.36. The lowest BCUT2D eigenvalue weighted by Gasteiger charge is -2.09. The summed E-state index contributed by atoms with van der Waals surface area (Å²) in [6.45, 7) is 0.201. The number of aromatic nitrogens is 4. The topological polar surface area (TPSA) is 100 Å². The number of nitrogens with two attached hydrogens (primary N) is 1. The van der Waals surface area contributed by atoms with Crippen molar-refractivity contribution in [2.24, 2.45) is 17.9 Å². The summed E-state index contributed by atoms with van der Waals surface area (Å²) in [4.78, 5) is 14.2. The highest BCUT2D eigenvalue weighted by Crippen LogP contribution is 2.24. The molecule has 2 N–H and O–H groups in total. The van der Waals surface area contributed by atoms with Crippen molar-refractivity contribution >= 4 is 17.2 Å². The van der Waals surface area contributed by atoms with E-state index in [2.05, 4.69) is 20.2 Å². The minimum atomic E-state index is 0.173. The number of benzene rings is 1. The van der Waals surface area contributed by atoms with Crippen molar-refractivity contribution in [1.29, 1.82) is 0 Å². The molecule has 9 heteroatoms. The molecule has 8 nitrogen and oxygen atoms in total. The zero-order chi connectivity index (χ0) is 20.1. The van der Waals surface area contributed by atoms with E-state index in [1.54, 1.807) is 29.2 Å². The van der Waals surface area contributed by atoms with Gasteiger partial charge in [0.25, 0.3) is 0 Å². The molecule has 0 bridgehead atoms. The smallest absolute Gasteiger partial charge is 0.230 e. The van der Waals surface area contributed by atoms with Crippen molar-refractivity contribution in [1.82, 2.24) is 19.7 Å². The number of ether oxygens (including phenoxy) is 1. The second kappa shape index (κ2) is 8.53. The van der Waals surface area contributed by atoms with Crippen LogP contribution in [-0.4, -0.2) is 25.6 Å². The van der Waals surface area contributed by atoms with E-state index in [-0.39, 0.29) is 12.4 Å². The van der Waals surface area contributed by atoms with E-state index < -0.39 is 0 Å². The molecule has 0 unspecified atom stereocenters. The number of pyridine rings is 1. The Morgan fingerprint density at radius 3 is 2.86 bits per heavy atom. The Morgan fingerprint density at radius 2 is 2.07 bits per heavy atom. The summed E-state index contributed by atoms with van der Waals surface area (Å²) in [7, 11) is 1.87. The number of rotatable bonds is 7. The third-order valence-corrected chi connectivity index (χ3v) is 4.82. The van der Waals surface area contributed by atoms with Crippen LogP contribution in [0.4, 0.5) is 0 Å². The summed E-state index contributed by atoms with van der Waals surface area (Å²) in [6, 6.07) is 12.9. The molecule has 1 aromatic carbocycles. The van der Waals surface area contributed by atoms with Gasteiger partial charge in [0.2, 0.25) is 5.88 Å². The Morgan fingerprint density at radius 1 is 1.21 bits per heavy atom. The number of hydrogen-bond acceptors (Lipinski definition) is 7. The molecule has 0 saturated heterocycles. The molecule has 3 heterocycles. The van der Waals surface area contributed by atoms with Gasteiger partial charge in [0.15, 0.2) is 12.4 Å². The van der Waals surface area contributed by atoms with Crippen molar-refractivity contribution in [3.8, 4) is 22.2 Å². The molecule has 0 radical (unpaired) electrons. The maximum atomic E-state index is 6.09. The van der Waals surface area contributed by atoms with Crippen molar-refractivity contribution in [3.63, 3.8) is 0 Å². The average Bonchev–Trinajstić information content (AvgIpc) is 3.38. The van der Waals surface area contributed by atoms with Gasteiger partial charge in [-0.3, -0.25) is 4.68 Å². The number of para-hydroxylation sites is 1. The van der Waals surface area contributed by atoms with E-state index in [1.807, 2.05) is 49.0 Å². The van der Waals surface area contributed by atoms with Gasteiger partial charge in [-0.05, 0) is 24.3 Å². The fourth-order valence-electron chi connectivity index (χ4n) is 2.52. The van der Waals surface area contributed by atoms with E-state index in [9.17, 15) is 0 Å². The van der Waals surface area contributed by atoms with Crippen molar-refractivity contribution < 1.29 is 9.57 Å². The number of hydrogen-bond donors (Lipinski definition) is 1. The Labute approximate surface area is 171 Å². The van der Waals surface area contributed by atoms with Crippen molar-refractivity contribution in [2.45, 2.75) is 6.61 Å². The van der Waals surface area contributed by atoms with E-state index in [1.165, 1.54) is 11.3 Å². The average molecular weight is 406 g/mol. The summed E-state index contributed by atoms with van der Waals surface area (Å²) in [6.07, 6.45) is 5.32. The predicted octanol–water partition coefficient (Wildman–Crippen LogP) is 3.57. The lowest BCUT2D eigenvalue weighted by atomic mass is 10.2. The molecular formula is C20H18N6O2S. The molecule has 0 amide bonds. The van der Waals surface area contributed by atoms with Gasteiger partial charge in [0.05, 0.1) is 17.5 Å². The van der Waals surface area contributed by atoms with Crippen LogP contribution in [0.15, 0.2) is 71.6 Å². The van der Waals surface area contributed by atoms with Crippen LogP contribution in [0.3, 0.4) is 0 Å². The number of aryl methyl sites for hydroxylation is 1. The fourth-order valence-corrected chi connectivity index (χ4v) is 3.30. The van der Waals surface area contributed by atoms with Crippen LogP contribution in [0.2, 0.25) is 0 Å². The summed E-state index contributed by atoms with van der Waals surface area (Å²) >= 11 is 1.52. The van der Waals surface area contributed by atoms with E-state index in [4.69, 9.17) is 15.3 Å². The lowest BCUT2D eigenvalue weighted by molar-refractivity contribution is 0.128. The molecule has 29 heavy (non-hydrogen) atoms. The minimum Gasteiger partial charge on any atom is -0.438 e. The maximum Gasteiger partial charge on any atom is 0.230 e. The van der Waals surface area contributed by atoms with Crippen LogP contribution in [0.1, 0.15) is 11.3 Å². The molecular weight excluding hydrogens is 388 g/mol. The van der Waals surface area contributed by atoms with Gasteiger partial charge in [-0.1, -0.05) is 23.4 Å². The van der Waals surface area contributed by atoms with E-state index in [0.29, 0.717) is 17.2 Å². The van der Waals surface area contributed by atoms with Crippen LogP contribution in [0.5, 0.6) is 11.6 Å². The molecule has 0 saturated carbocycles. The molecule has 146 valence electrons. The second-order valence-electron chi connectivity index (χ2n) is 6.07. The van der Waals surface area contributed by atoms with Crippen molar-refractivity contribution in [2.75, 3.05) is 0 Å². The van der Waals surface area contributed by atoms with Crippen LogP contribution < -0.4 is 10.5 Å². The molecule has 0 fully saturated rings.